The Bertz CT molecular complexity index is 534. The highest BCUT2D eigenvalue weighted by molar-refractivity contribution is 7.98. The van der Waals surface area contributed by atoms with Crippen molar-refractivity contribution in [2.75, 3.05) is 5.75 Å². The van der Waals surface area contributed by atoms with Crippen LogP contribution >= 0.6 is 11.8 Å². The molecule has 6 heteroatoms. The molecule has 0 saturated heterocycles. The van der Waals surface area contributed by atoms with E-state index in [4.69, 9.17) is 14.6 Å². The van der Waals surface area contributed by atoms with Crippen LogP contribution < -0.4 is 5.73 Å². The SMILES string of the molecule is Cc1cc(-c2nnc(CSCCC(C)N)o2)c(C)o1. The summed E-state index contributed by atoms with van der Waals surface area (Å²) >= 11 is 1.75. The van der Waals surface area contributed by atoms with Crippen molar-refractivity contribution in [1.82, 2.24) is 10.2 Å². The van der Waals surface area contributed by atoms with Gasteiger partial charge in [0.15, 0.2) is 0 Å². The van der Waals surface area contributed by atoms with Crippen LogP contribution in [0.1, 0.15) is 30.8 Å². The normalized spacial score (nSPS) is 12.8. The molecule has 0 bridgehead atoms. The van der Waals surface area contributed by atoms with Crippen molar-refractivity contribution in [3.8, 4) is 11.5 Å². The average Bonchev–Trinajstić information content (AvgIpc) is 2.91. The van der Waals surface area contributed by atoms with E-state index >= 15 is 0 Å². The van der Waals surface area contributed by atoms with Gasteiger partial charge >= 0.3 is 0 Å². The highest BCUT2D eigenvalue weighted by Gasteiger charge is 2.14. The van der Waals surface area contributed by atoms with E-state index in [0.29, 0.717) is 11.8 Å². The molecule has 2 N–H and O–H groups in total. The lowest BCUT2D eigenvalue weighted by atomic mass is 10.2. The zero-order valence-corrected chi connectivity index (χ0v) is 12.3. The molecule has 0 aliphatic carbocycles. The maximum atomic E-state index is 5.70. The van der Waals surface area contributed by atoms with Crippen molar-refractivity contribution in [3.63, 3.8) is 0 Å². The standard InChI is InChI=1S/C13H19N3O2S/c1-8(14)4-5-19-7-12-15-16-13(18-12)11-6-9(2)17-10(11)3/h6,8H,4-5,7,14H2,1-3H3. The Hall–Kier alpha value is -1.27. The Morgan fingerprint density at radius 3 is 2.74 bits per heavy atom. The number of aryl methyl sites for hydroxylation is 2. The second-order valence-corrected chi connectivity index (χ2v) is 5.75. The zero-order valence-electron chi connectivity index (χ0n) is 11.5. The average molecular weight is 281 g/mol. The van der Waals surface area contributed by atoms with E-state index in [1.807, 2.05) is 26.8 Å². The van der Waals surface area contributed by atoms with Gasteiger partial charge in [0.25, 0.3) is 5.89 Å². The van der Waals surface area contributed by atoms with Crippen molar-refractivity contribution >= 4 is 11.8 Å². The summed E-state index contributed by atoms with van der Waals surface area (Å²) in [6.45, 7) is 5.80. The summed E-state index contributed by atoms with van der Waals surface area (Å²) < 4.78 is 11.1. The molecule has 2 heterocycles. The van der Waals surface area contributed by atoms with E-state index in [2.05, 4.69) is 10.2 Å². The third-order valence-electron chi connectivity index (χ3n) is 2.68. The molecule has 19 heavy (non-hydrogen) atoms. The smallest absolute Gasteiger partial charge is 0.251 e. The monoisotopic (exact) mass is 281 g/mol. The molecule has 2 aromatic rings. The Labute approximate surface area is 117 Å². The molecule has 0 spiro atoms. The Kier molecular flexibility index (Phi) is 4.66. The lowest BCUT2D eigenvalue weighted by Crippen LogP contribution is -2.15. The molecule has 0 fully saturated rings. The highest BCUT2D eigenvalue weighted by atomic mass is 32.2. The number of aromatic nitrogens is 2. The van der Waals surface area contributed by atoms with Gasteiger partial charge in [-0.25, -0.2) is 0 Å². The van der Waals surface area contributed by atoms with Gasteiger partial charge in [-0.15, -0.1) is 10.2 Å². The summed E-state index contributed by atoms with van der Waals surface area (Å²) in [5.74, 6) is 4.53. The highest BCUT2D eigenvalue weighted by Crippen LogP contribution is 2.26. The molecule has 2 rings (SSSR count). The first kappa shape index (κ1) is 14.1. The summed E-state index contributed by atoms with van der Waals surface area (Å²) in [4.78, 5) is 0. The van der Waals surface area contributed by atoms with Gasteiger partial charge in [-0.05, 0) is 39.0 Å². The van der Waals surface area contributed by atoms with Gasteiger partial charge in [-0.3, -0.25) is 0 Å². The number of nitrogens with zero attached hydrogens (tertiary/aromatic N) is 2. The molecule has 0 amide bonds. The van der Waals surface area contributed by atoms with E-state index in [1.54, 1.807) is 11.8 Å². The predicted molar refractivity (Wildman–Crippen MR) is 75.9 cm³/mol. The van der Waals surface area contributed by atoms with Crippen LogP contribution in [0.25, 0.3) is 11.5 Å². The topological polar surface area (TPSA) is 78.1 Å². The van der Waals surface area contributed by atoms with E-state index in [0.717, 1.165) is 35.0 Å². The lowest BCUT2D eigenvalue weighted by molar-refractivity contribution is 0.499. The maximum absolute atomic E-state index is 5.70. The van der Waals surface area contributed by atoms with Crippen LogP contribution in [-0.2, 0) is 5.75 Å². The van der Waals surface area contributed by atoms with Crippen molar-refractivity contribution in [3.05, 3.63) is 23.5 Å². The number of furan rings is 1. The first-order chi connectivity index (χ1) is 9.06. The molecular weight excluding hydrogens is 262 g/mol. The maximum Gasteiger partial charge on any atom is 0.251 e. The summed E-state index contributed by atoms with van der Waals surface area (Å²) in [6.07, 6.45) is 0.992. The minimum absolute atomic E-state index is 0.238. The number of hydrogen-bond donors (Lipinski definition) is 1. The fraction of sp³-hybridized carbons (Fsp3) is 0.538. The van der Waals surface area contributed by atoms with Crippen molar-refractivity contribution in [2.24, 2.45) is 5.73 Å². The molecular formula is C13H19N3O2S. The van der Waals surface area contributed by atoms with Crippen LogP contribution in [0.2, 0.25) is 0 Å². The summed E-state index contributed by atoms with van der Waals surface area (Å²) in [5, 5.41) is 8.11. The predicted octanol–water partition coefficient (Wildman–Crippen LogP) is 2.92. The molecule has 2 aromatic heterocycles. The molecule has 1 unspecified atom stereocenters. The molecule has 1 atom stereocenters. The lowest BCUT2D eigenvalue weighted by Gasteiger charge is -2.02. The largest absolute Gasteiger partial charge is 0.466 e. The summed E-state index contributed by atoms with van der Waals surface area (Å²) in [5.41, 5.74) is 6.57. The Morgan fingerprint density at radius 1 is 1.32 bits per heavy atom. The van der Waals surface area contributed by atoms with Crippen LogP contribution in [0.15, 0.2) is 14.9 Å². The van der Waals surface area contributed by atoms with Crippen LogP contribution in [0, 0.1) is 13.8 Å². The molecule has 0 aromatic carbocycles. The molecule has 0 aliphatic rings. The second kappa shape index (κ2) is 6.25. The Morgan fingerprint density at radius 2 is 2.11 bits per heavy atom. The minimum atomic E-state index is 0.238. The van der Waals surface area contributed by atoms with Gasteiger partial charge in [0, 0.05) is 6.04 Å². The van der Waals surface area contributed by atoms with Gasteiger partial charge in [0.1, 0.15) is 11.5 Å². The molecule has 104 valence electrons. The van der Waals surface area contributed by atoms with Crippen molar-refractivity contribution in [2.45, 2.75) is 39.0 Å². The second-order valence-electron chi connectivity index (χ2n) is 4.65. The Balaban J connectivity index is 1.94. The summed E-state index contributed by atoms with van der Waals surface area (Å²) in [6, 6.07) is 2.15. The van der Waals surface area contributed by atoms with Gasteiger partial charge in [0.05, 0.1) is 11.3 Å². The van der Waals surface area contributed by atoms with Gasteiger partial charge < -0.3 is 14.6 Å². The quantitative estimate of drug-likeness (QED) is 0.820. The third kappa shape index (κ3) is 3.84. The zero-order chi connectivity index (χ0) is 13.8. The number of hydrogen-bond acceptors (Lipinski definition) is 6. The molecule has 0 radical (unpaired) electrons. The van der Waals surface area contributed by atoms with Crippen molar-refractivity contribution < 1.29 is 8.83 Å². The third-order valence-corrected chi connectivity index (χ3v) is 3.66. The van der Waals surface area contributed by atoms with Gasteiger partial charge in [-0.2, -0.15) is 11.8 Å². The van der Waals surface area contributed by atoms with Gasteiger partial charge in [0.2, 0.25) is 5.89 Å². The van der Waals surface area contributed by atoms with E-state index < -0.39 is 0 Å². The van der Waals surface area contributed by atoms with Crippen LogP contribution in [0.4, 0.5) is 0 Å². The minimum Gasteiger partial charge on any atom is -0.466 e. The van der Waals surface area contributed by atoms with E-state index in [1.165, 1.54) is 0 Å². The van der Waals surface area contributed by atoms with Gasteiger partial charge in [-0.1, -0.05) is 0 Å². The molecule has 0 saturated carbocycles. The first-order valence-corrected chi connectivity index (χ1v) is 7.45. The van der Waals surface area contributed by atoms with Crippen LogP contribution in [-0.4, -0.2) is 22.0 Å². The number of nitrogens with two attached hydrogens (primary N) is 1. The number of thioether (sulfide) groups is 1. The van der Waals surface area contributed by atoms with E-state index in [9.17, 15) is 0 Å². The fourth-order valence-corrected chi connectivity index (χ4v) is 2.67. The number of rotatable bonds is 6. The molecule has 0 aliphatic heterocycles. The summed E-state index contributed by atoms with van der Waals surface area (Å²) in [7, 11) is 0. The van der Waals surface area contributed by atoms with E-state index in [-0.39, 0.29) is 6.04 Å². The first-order valence-electron chi connectivity index (χ1n) is 6.29. The fourth-order valence-electron chi connectivity index (χ4n) is 1.69. The van der Waals surface area contributed by atoms with Crippen molar-refractivity contribution in [1.29, 1.82) is 0 Å². The van der Waals surface area contributed by atoms with Crippen LogP contribution in [0.3, 0.4) is 0 Å². The van der Waals surface area contributed by atoms with Crippen LogP contribution in [0.5, 0.6) is 0 Å². The molecule has 5 nitrogen and oxygen atoms in total.